The molecule has 1 amide bonds. The molecule has 1 unspecified atom stereocenters. The summed E-state index contributed by atoms with van der Waals surface area (Å²) in [4.78, 5) is 14.2. The summed E-state index contributed by atoms with van der Waals surface area (Å²) in [6.07, 6.45) is 5.23. The summed E-state index contributed by atoms with van der Waals surface area (Å²) in [5.41, 5.74) is 4.75. The van der Waals surface area contributed by atoms with Gasteiger partial charge in [-0.3, -0.25) is 0 Å². The Hall–Kier alpha value is -3.99. The van der Waals surface area contributed by atoms with Gasteiger partial charge < -0.3 is 19.1 Å². The lowest BCUT2D eigenvalue weighted by molar-refractivity contribution is 0.0278. The molecule has 0 fully saturated rings. The van der Waals surface area contributed by atoms with Crippen LogP contribution in [0.15, 0.2) is 92.0 Å². The zero-order valence-electron chi connectivity index (χ0n) is 24.6. The van der Waals surface area contributed by atoms with Gasteiger partial charge in [0.25, 0.3) is 0 Å². The van der Waals surface area contributed by atoms with E-state index in [-0.39, 0.29) is 12.2 Å². The molecule has 0 aliphatic carbocycles. The molecule has 0 saturated heterocycles. The lowest BCUT2D eigenvalue weighted by atomic mass is 9.97. The van der Waals surface area contributed by atoms with Crippen molar-refractivity contribution in [2.24, 2.45) is 0 Å². The van der Waals surface area contributed by atoms with Gasteiger partial charge >= 0.3 is 6.09 Å². The van der Waals surface area contributed by atoms with Crippen molar-refractivity contribution in [1.29, 1.82) is 0 Å². The molecule has 0 radical (unpaired) electrons. The molecular formula is C35H43NO4. The molecular weight excluding hydrogens is 498 g/mol. The number of rotatable bonds is 13. The Labute approximate surface area is 240 Å². The van der Waals surface area contributed by atoms with Gasteiger partial charge in [0.05, 0.1) is 6.61 Å². The molecule has 0 saturated carbocycles. The second-order valence-corrected chi connectivity index (χ2v) is 10.8. The van der Waals surface area contributed by atoms with E-state index in [2.05, 4.69) is 49.6 Å². The molecule has 0 bridgehead atoms. The number of hydrogen-bond acceptors (Lipinski definition) is 4. The molecule has 0 aliphatic heterocycles. The quantitative estimate of drug-likeness (QED) is 0.203. The molecule has 0 aromatic heterocycles. The highest BCUT2D eigenvalue weighted by molar-refractivity contribution is 5.73. The van der Waals surface area contributed by atoms with Crippen molar-refractivity contribution in [2.45, 2.75) is 58.7 Å². The Morgan fingerprint density at radius 2 is 1.65 bits per heavy atom. The number of carbonyl (C=O) groups is 1. The van der Waals surface area contributed by atoms with E-state index in [9.17, 15) is 4.79 Å². The second kappa shape index (κ2) is 14.4. The zero-order chi connectivity index (χ0) is 29.1. The smallest absolute Gasteiger partial charge is 0.410 e. The molecule has 1 atom stereocenters. The van der Waals surface area contributed by atoms with Gasteiger partial charge in [-0.15, -0.1) is 13.2 Å². The molecule has 5 heteroatoms. The number of hydrogen-bond donors (Lipinski definition) is 0. The van der Waals surface area contributed by atoms with Crippen molar-refractivity contribution in [2.75, 3.05) is 20.2 Å². The lowest BCUT2D eigenvalue weighted by Gasteiger charge is -2.27. The molecule has 40 heavy (non-hydrogen) atoms. The predicted molar refractivity (Wildman–Crippen MR) is 164 cm³/mol. The van der Waals surface area contributed by atoms with E-state index in [1.165, 1.54) is 0 Å². The molecule has 0 heterocycles. The monoisotopic (exact) mass is 541 g/mol. The first kappa shape index (κ1) is 30.6. The van der Waals surface area contributed by atoms with E-state index in [0.29, 0.717) is 26.0 Å². The fraction of sp³-hybridized carbons (Fsp3) is 0.343. The third-order valence-electron chi connectivity index (χ3n) is 6.33. The summed E-state index contributed by atoms with van der Waals surface area (Å²) in [6.45, 7) is 16.5. The van der Waals surface area contributed by atoms with E-state index in [1.54, 1.807) is 11.9 Å². The van der Waals surface area contributed by atoms with Crippen molar-refractivity contribution in [3.63, 3.8) is 0 Å². The third-order valence-corrected chi connectivity index (χ3v) is 6.33. The number of ether oxygens (including phenoxy) is 3. The molecule has 5 nitrogen and oxygen atoms in total. The van der Waals surface area contributed by atoms with Crippen LogP contribution in [0.5, 0.6) is 11.5 Å². The van der Waals surface area contributed by atoms with Gasteiger partial charge in [-0.25, -0.2) is 4.79 Å². The number of allylic oxidation sites excluding steroid dienone is 2. The van der Waals surface area contributed by atoms with E-state index in [1.807, 2.05) is 70.2 Å². The van der Waals surface area contributed by atoms with Crippen molar-refractivity contribution in [3.05, 3.63) is 109 Å². The minimum Gasteiger partial charge on any atom is -0.494 e. The summed E-state index contributed by atoms with van der Waals surface area (Å²) in [6, 6.07) is 22.6. The Bertz CT molecular complexity index is 1280. The molecule has 0 N–H and O–H groups in total. The molecule has 3 rings (SSSR count). The molecule has 3 aromatic carbocycles. The van der Waals surface area contributed by atoms with Crippen LogP contribution in [-0.4, -0.2) is 36.8 Å². The van der Waals surface area contributed by atoms with Gasteiger partial charge in [0.2, 0.25) is 0 Å². The van der Waals surface area contributed by atoms with E-state index in [0.717, 1.165) is 45.7 Å². The highest BCUT2D eigenvalue weighted by Crippen LogP contribution is 2.37. The first-order valence-corrected chi connectivity index (χ1v) is 13.9. The van der Waals surface area contributed by atoms with Gasteiger partial charge in [0.15, 0.2) is 0 Å². The van der Waals surface area contributed by atoms with Gasteiger partial charge in [-0.05, 0) is 87.1 Å². The zero-order valence-corrected chi connectivity index (χ0v) is 24.6. The predicted octanol–water partition coefficient (Wildman–Crippen LogP) is 8.59. The maximum Gasteiger partial charge on any atom is 0.410 e. The van der Waals surface area contributed by atoms with Gasteiger partial charge in [0.1, 0.15) is 23.2 Å². The van der Waals surface area contributed by atoms with E-state index < -0.39 is 5.60 Å². The third kappa shape index (κ3) is 8.77. The second-order valence-electron chi connectivity index (χ2n) is 10.8. The van der Waals surface area contributed by atoms with Gasteiger partial charge in [-0.1, -0.05) is 54.6 Å². The van der Waals surface area contributed by atoms with Crippen LogP contribution in [0.4, 0.5) is 4.79 Å². The number of carbonyl (C=O) groups excluding carboxylic acids is 1. The van der Waals surface area contributed by atoms with Crippen molar-refractivity contribution in [1.82, 2.24) is 4.90 Å². The molecule has 0 aliphatic rings. The van der Waals surface area contributed by atoms with Crippen molar-refractivity contribution >= 4 is 6.09 Å². The maximum absolute atomic E-state index is 12.6. The molecule has 0 spiro atoms. The Morgan fingerprint density at radius 3 is 2.30 bits per heavy atom. The average molecular weight is 542 g/mol. The van der Waals surface area contributed by atoms with Crippen LogP contribution in [0.25, 0.3) is 11.1 Å². The van der Waals surface area contributed by atoms with Crippen LogP contribution in [0, 0.1) is 0 Å². The molecule has 212 valence electrons. The Morgan fingerprint density at radius 1 is 0.950 bits per heavy atom. The van der Waals surface area contributed by atoms with Crippen LogP contribution in [0.2, 0.25) is 0 Å². The fourth-order valence-corrected chi connectivity index (χ4v) is 4.41. The largest absolute Gasteiger partial charge is 0.494 e. The first-order chi connectivity index (χ1) is 19.1. The summed E-state index contributed by atoms with van der Waals surface area (Å²) < 4.78 is 18.2. The standard InChI is InChI=1S/C35H43NO4/c1-8-14-26-18-20-33(30(24-26)28-19-21-31(38-10-3)29(25-28)15-9-2)39-32(27-16-12-11-13-17-27)22-23-36(7)34(37)40-35(4,5)6/h8-9,11-13,16-21,24-25,32H,1-2,10,14-15,22-23H2,3-7H3. The van der Waals surface area contributed by atoms with Crippen LogP contribution in [-0.2, 0) is 17.6 Å². The van der Waals surface area contributed by atoms with Gasteiger partial charge in [0, 0.05) is 25.6 Å². The highest BCUT2D eigenvalue weighted by atomic mass is 16.6. The minimum atomic E-state index is -0.551. The average Bonchev–Trinajstić information content (AvgIpc) is 2.92. The van der Waals surface area contributed by atoms with Gasteiger partial charge in [-0.2, -0.15) is 0 Å². The maximum atomic E-state index is 12.6. The lowest BCUT2D eigenvalue weighted by Crippen LogP contribution is -2.35. The van der Waals surface area contributed by atoms with Crippen LogP contribution in [0.3, 0.4) is 0 Å². The van der Waals surface area contributed by atoms with Crippen LogP contribution < -0.4 is 9.47 Å². The van der Waals surface area contributed by atoms with Crippen LogP contribution >= 0.6 is 0 Å². The SMILES string of the molecule is C=CCc1ccc(OC(CCN(C)C(=O)OC(C)(C)C)c2ccccc2)c(-c2ccc(OCC)c(CC=C)c2)c1. The summed E-state index contributed by atoms with van der Waals surface area (Å²) >= 11 is 0. The summed E-state index contributed by atoms with van der Waals surface area (Å²) in [5, 5.41) is 0. The normalized spacial score (nSPS) is 11.8. The van der Waals surface area contributed by atoms with E-state index in [4.69, 9.17) is 14.2 Å². The van der Waals surface area contributed by atoms with Crippen LogP contribution in [0.1, 0.15) is 56.9 Å². The highest BCUT2D eigenvalue weighted by Gasteiger charge is 2.22. The van der Waals surface area contributed by atoms with Crippen molar-refractivity contribution < 1.29 is 19.0 Å². The molecule has 3 aromatic rings. The van der Waals surface area contributed by atoms with E-state index >= 15 is 0 Å². The summed E-state index contributed by atoms with van der Waals surface area (Å²) in [7, 11) is 1.76. The number of amides is 1. The Kier molecular flexibility index (Phi) is 11.0. The summed E-state index contributed by atoms with van der Waals surface area (Å²) in [5.74, 6) is 1.64. The fourth-order valence-electron chi connectivity index (χ4n) is 4.41. The number of benzene rings is 3. The minimum absolute atomic E-state index is 0.273. The first-order valence-electron chi connectivity index (χ1n) is 13.9. The Balaban J connectivity index is 1.98. The number of nitrogens with zero attached hydrogens (tertiary/aromatic N) is 1. The topological polar surface area (TPSA) is 48.0 Å². The van der Waals surface area contributed by atoms with Crippen molar-refractivity contribution in [3.8, 4) is 22.6 Å².